The molecule has 126 valence electrons. The summed E-state index contributed by atoms with van der Waals surface area (Å²) >= 11 is 0. The second-order valence-corrected chi connectivity index (χ2v) is 6.09. The summed E-state index contributed by atoms with van der Waals surface area (Å²) in [5.74, 6) is 0.0329. The van der Waals surface area contributed by atoms with Crippen molar-refractivity contribution in [1.29, 1.82) is 0 Å². The van der Waals surface area contributed by atoms with Gasteiger partial charge in [-0.15, -0.1) is 12.4 Å². The summed E-state index contributed by atoms with van der Waals surface area (Å²) < 4.78 is 13.3. The standard InChI is InChI=1S/C18H23FN2O.ClH/c1-12(2)17(20)9-10-21(3)18(22)16-6-4-5-13-11-14(19)7-8-15(13)16;/h4-8,11-12,17H,9-10,20H2,1-3H3;1H/t17-;/m0./s1. The number of amides is 1. The molecule has 2 aromatic rings. The van der Waals surface area contributed by atoms with Crippen LogP contribution < -0.4 is 5.73 Å². The molecular weight excluding hydrogens is 315 g/mol. The third-order valence-corrected chi connectivity index (χ3v) is 4.07. The Balaban J connectivity index is 0.00000264. The van der Waals surface area contributed by atoms with Crippen molar-refractivity contribution < 1.29 is 9.18 Å². The summed E-state index contributed by atoms with van der Waals surface area (Å²) in [7, 11) is 1.78. The van der Waals surface area contributed by atoms with E-state index in [-0.39, 0.29) is 30.2 Å². The molecular formula is C18H24ClFN2O. The average molecular weight is 339 g/mol. The van der Waals surface area contributed by atoms with Crippen molar-refractivity contribution in [2.24, 2.45) is 11.7 Å². The first-order chi connectivity index (χ1) is 10.4. The van der Waals surface area contributed by atoms with Gasteiger partial charge in [0.25, 0.3) is 5.91 Å². The quantitative estimate of drug-likeness (QED) is 0.900. The molecule has 0 aliphatic rings. The molecule has 0 radical (unpaired) electrons. The van der Waals surface area contributed by atoms with Gasteiger partial charge >= 0.3 is 0 Å². The van der Waals surface area contributed by atoms with Gasteiger partial charge in [-0.1, -0.05) is 32.0 Å². The Morgan fingerprint density at radius 2 is 1.96 bits per heavy atom. The molecule has 0 heterocycles. The van der Waals surface area contributed by atoms with Gasteiger partial charge in [0.05, 0.1) is 0 Å². The Morgan fingerprint density at radius 1 is 1.26 bits per heavy atom. The highest BCUT2D eigenvalue weighted by Gasteiger charge is 2.16. The Labute approximate surface area is 143 Å². The van der Waals surface area contributed by atoms with Gasteiger partial charge in [0.15, 0.2) is 0 Å². The third-order valence-electron chi connectivity index (χ3n) is 4.07. The van der Waals surface area contributed by atoms with Gasteiger partial charge in [-0.3, -0.25) is 4.79 Å². The highest BCUT2D eigenvalue weighted by atomic mass is 35.5. The van der Waals surface area contributed by atoms with E-state index >= 15 is 0 Å². The fourth-order valence-corrected chi connectivity index (χ4v) is 2.42. The summed E-state index contributed by atoms with van der Waals surface area (Å²) in [6.07, 6.45) is 0.763. The van der Waals surface area contributed by atoms with Crippen molar-refractivity contribution >= 4 is 29.1 Å². The minimum Gasteiger partial charge on any atom is -0.342 e. The molecule has 0 saturated carbocycles. The molecule has 2 aromatic carbocycles. The number of nitrogens with zero attached hydrogens (tertiary/aromatic N) is 1. The predicted octanol–water partition coefficient (Wildman–Crippen LogP) is 3.85. The Hall–Kier alpha value is -1.65. The van der Waals surface area contributed by atoms with Crippen LogP contribution in [0.25, 0.3) is 10.8 Å². The fraction of sp³-hybridized carbons (Fsp3) is 0.389. The van der Waals surface area contributed by atoms with Crippen LogP contribution in [-0.2, 0) is 0 Å². The molecule has 5 heteroatoms. The molecule has 0 unspecified atom stereocenters. The summed E-state index contributed by atoms with van der Waals surface area (Å²) in [5, 5.41) is 1.51. The van der Waals surface area contributed by atoms with Crippen molar-refractivity contribution in [3.8, 4) is 0 Å². The van der Waals surface area contributed by atoms with Crippen molar-refractivity contribution in [1.82, 2.24) is 4.90 Å². The summed E-state index contributed by atoms with van der Waals surface area (Å²) in [6.45, 7) is 4.76. The van der Waals surface area contributed by atoms with Gasteiger partial charge in [-0.25, -0.2) is 4.39 Å². The first-order valence-electron chi connectivity index (χ1n) is 7.59. The lowest BCUT2D eigenvalue weighted by molar-refractivity contribution is 0.0791. The van der Waals surface area contributed by atoms with Gasteiger partial charge in [-0.2, -0.15) is 0 Å². The van der Waals surface area contributed by atoms with E-state index in [0.717, 1.165) is 17.2 Å². The van der Waals surface area contributed by atoms with Gasteiger partial charge < -0.3 is 10.6 Å². The minimum atomic E-state index is -0.298. The van der Waals surface area contributed by atoms with Crippen molar-refractivity contribution in [2.45, 2.75) is 26.3 Å². The number of fused-ring (bicyclic) bond motifs is 1. The molecule has 2 N–H and O–H groups in total. The molecule has 0 spiro atoms. The summed E-state index contributed by atoms with van der Waals surface area (Å²) in [6, 6.07) is 9.94. The second kappa shape index (κ2) is 8.27. The number of carbonyl (C=O) groups excluding carboxylic acids is 1. The van der Waals surface area contributed by atoms with E-state index in [4.69, 9.17) is 5.73 Å². The molecule has 2 rings (SSSR count). The summed E-state index contributed by atoms with van der Waals surface area (Å²) in [4.78, 5) is 14.3. The number of benzene rings is 2. The lowest BCUT2D eigenvalue weighted by Crippen LogP contribution is -2.34. The SMILES string of the molecule is CC(C)[C@@H](N)CCN(C)C(=O)c1cccc2cc(F)ccc12.Cl. The first kappa shape index (κ1) is 19.4. The first-order valence-corrected chi connectivity index (χ1v) is 7.59. The second-order valence-electron chi connectivity index (χ2n) is 6.09. The van der Waals surface area contributed by atoms with Crippen LogP contribution in [0.15, 0.2) is 36.4 Å². The Kier molecular flexibility index (Phi) is 6.98. The lowest BCUT2D eigenvalue weighted by atomic mass is 10.0. The number of rotatable bonds is 5. The number of hydrogen-bond acceptors (Lipinski definition) is 2. The number of halogens is 2. The third kappa shape index (κ3) is 4.66. The van der Waals surface area contributed by atoms with E-state index < -0.39 is 0 Å². The van der Waals surface area contributed by atoms with Crippen molar-refractivity contribution in [3.05, 3.63) is 47.8 Å². The van der Waals surface area contributed by atoms with Crippen LogP contribution in [0.1, 0.15) is 30.6 Å². The molecule has 0 bridgehead atoms. The molecule has 1 amide bonds. The Morgan fingerprint density at radius 3 is 2.61 bits per heavy atom. The van der Waals surface area contributed by atoms with Crippen LogP contribution in [0.5, 0.6) is 0 Å². The number of nitrogens with two attached hydrogens (primary N) is 1. The van der Waals surface area contributed by atoms with E-state index in [9.17, 15) is 9.18 Å². The van der Waals surface area contributed by atoms with Gasteiger partial charge in [0.2, 0.25) is 0 Å². The van der Waals surface area contributed by atoms with Crippen molar-refractivity contribution in [2.75, 3.05) is 13.6 Å². The molecule has 0 aromatic heterocycles. The van der Waals surface area contributed by atoms with E-state index in [0.29, 0.717) is 18.0 Å². The zero-order valence-corrected chi connectivity index (χ0v) is 14.6. The fourth-order valence-electron chi connectivity index (χ4n) is 2.42. The summed E-state index contributed by atoms with van der Waals surface area (Å²) in [5.41, 5.74) is 6.63. The predicted molar refractivity (Wildman–Crippen MR) is 95.5 cm³/mol. The van der Waals surface area contributed by atoms with Crippen LogP contribution >= 0.6 is 12.4 Å². The van der Waals surface area contributed by atoms with Crippen LogP contribution in [0.4, 0.5) is 4.39 Å². The monoisotopic (exact) mass is 338 g/mol. The van der Waals surface area contributed by atoms with Gasteiger partial charge in [-0.05, 0) is 41.3 Å². The molecule has 23 heavy (non-hydrogen) atoms. The molecule has 0 aliphatic heterocycles. The highest BCUT2D eigenvalue weighted by Crippen LogP contribution is 2.21. The maximum Gasteiger partial charge on any atom is 0.254 e. The lowest BCUT2D eigenvalue weighted by Gasteiger charge is -2.22. The number of hydrogen-bond donors (Lipinski definition) is 1. The van der Waals surface area contributed by atoms with E-state index in [1.54, 1.807) is 30.1 Å². The molecule has 0 aliphatic carbocycles. The average Bonchev–Trinajstić information content (AvgIpc) is 2.50. The maximum absolute atomic E-state index is 13.3. The van der Waals surface area contributed by atoms with Crippen LogP contribution in [0, 0.1) is 11.7 Å². The topological polar surface area (TPSA) is 46.3 Å². The van der Waals surface area contributed by atoms with Gasteiger partial charge in [0.1, 0.15) is 5.82 Å². The van der Waals surface area contributed by atoms with Crippen molar-refractivity contribution in [3.63, 3.8) is 0 Å². The Bertz CT molecular complexity index is 675. The van der Waals surface area contributed by atoms with E-state index in [2.05, 4.69) is 13.8 Å². The van der Waals surface area contributed by atoms with Gasteiger partial charge in [0, 0.05) is 25.2 Å². The highest BCUT2D eigenvalue weighted by molar-refractivity contribution is 6.06. The van der Waals surface area contributed by atoms with Crippen LogP contribution in [0.3, 0.4) is 0 Å². The zero-order chi connectivity index (χ0) is 16.3. The maximum atomic E-state index is 13.3. The van der Waals surface area contributed by atoms with E-state index in [1.165, 1.54) is 12.1 Å². The normalized spacial score (nSPS) is 12.1. The zero-order valence-electron chi connectivity index (χ0n) is 13.8. The van der Waals surface area contributed by atoms with Crippen LogP contribution in [0.2, 0.25) is 0 Å². The number of carbonyl (C=O) groups is 1. The largest absolute Gasteiger partial charge is 0.342 e. The molecule has 0 saturated heterocycles. The molecule has 3 nitrogen and oxygen atoms in total. The van der Waals surface area contributed by atoms with Crippen LogP contribution in [-0.4, -0.2) is 30.4 Å². The smallest absolute Gasteiger partial charge is 0.254 e. The van der Waals surface area contributed by atoms with E-state index in [1.807, 2.05) is 6.07 Å². The molecule has 1 atom stereocenters. The molecule has 0 fully saturated rings. The minimum absolute atomic E-state index is 0.